The van der Waals surface area contributed by atoms with E-state index in [4.69, 9.17) is 4.74 Å². The lowest BCUT2D eigenvalue weighted by atomic mass is 9.98. The van der Waals surface area contributed by atoms with Crippen LogP contribution in [0.3, 0.4) is 0 Å². The molecule has 34 heavy (non-hydrogen) atoms. The second-order valence-electron chi connectivity index (χ2n) is 8.04. The first-order valence-corrected chi connectivity index (χ1v) is 10.5. The molecule has 176 valence electrons. The van der Waals surface area contributed by atoms with Gasteiger partial charge in [0, 0.05) is 12.5 Å². The van der Waals surface area contributed by atoms with E-state index in [0.29, 0.717) is 0 Å². The van der Waals surface area contributed by atoms with Crippen molar-refractivity contribution in [3.63, 3.8) is 0 Å². The number of carboxylic acids is 1. The number of anilines is 1. The van der Waals surface area contributed by atoms with Crippen LogP contribution in [-0.2, 0) is 9.53 Å². The van der Waals surface area contributed by atoms with E-state index in [2.05, 4.69) is 25.6 Å². The number of ether oxygens (including phenoxy) is 1. The van der Waals surface area contributed by atoms with Gasteiger partial charge in [-0.15, -0.1) is 0 Å². The van der Waals surface area contributed by atoms with Gasteiger partial charge in [0.25, 0.3) is 5.91 Å². The summed E-state index contributed by atoms with van der Waals surface area (Å²) in [6.07, 6.45) is -0.852. The minimum absolute atomic E-state index is 0.0570. The molecule has 0 aliphatic heterocycles. The summed E-state index contributed by atoms with van der Waals surface area (Å²) in [6.45, 7) is 0.123. The van der Waals surface area contributed by atoms with Gasteiger partial charge in [-0.2, -0.15) is 0 Å². The molecule has 1 aliphatic rings. The van der Waals surface area contributed by atoms with E-state index in [1.54, 1.807) is 19.0 Å². The summed E-state index contributed by atoms with van der Waals surface area (Å²) in [5, 5.41) is 21.0. The van der Waals surface area contributed by atoms with Gasteiger partial charge in [0.1, 0.15) is 12.6 Å². The SMILES string of the molecule is CN(C)C[C@H](NC(=O)c1nonc1NC(=O)OCC1c2ccccc2-c2ccccc21)C(=O)O. The first kappa shape index (κ1) is 22.9. The molecular formula is C23H23N5O6. The predicted molar refractivity (Wildman–Crippen MR) is 120 cm³/mol. The van der Waals surface area contributed by atoms with Crippen molar-refractivity contribution in [1.29, 1.82) is 0 Å². The Morgan fingerprint density at radius 3 is 2.26 bits per heavy atom. The van der Waals surface area contributed by atoms with Gasteiger partial charge in [-0.3, -0.25) is 10.1 Å². The fourth-order valence-corrected chi connectivity index (χ4v) is 3.93. The number of aromatic nitrogens is 2. The molecule has 0 spiro atoms. The van der Waals surface area contributed by atoms with Crippen LogP contribution in [0.1, 0.15) is 27.5 Å². The van der Waals surface area contributed by atoms with Gasteiger partial charge in [0.2, 0.25) is 11.5 Å². The summed E-state index contributed by atoms with van der Waals surface area (Å²) < 4.78 is 10.0. The highest BCUT2D eigenvalue weighted by Crippen LogP contribution is 2.44. The second kappa shape index (κ2) is 9.71. The van der Waals surface area contributed by atoms with Crippen LogP contribution in [0.5, 0.6) is 0 Å². The maximum Gasteiger partial charge on any atom is 0.412 e. The maximum absolute atomic E-state index is 12.5. The molecule has 1 atom stereocenters. The Hall–Kier alpha value is -4.25. The number of fused-ring (bicyclic) bond motifs is 3. The van der Waals surface area contributed by atoms with E-state index in [9.17, 15) is 19.5 Å². The zero-order valence-corrected chi connectivity index (χ0v) is 18.5. The average molecular weight is 465 g/mol. The Morgan fingerprint density at radius 1 is 1.06 bits per heavy atom. The lowest BCUT2D eigenvalue weighted by Gasteiger charge is -2.18. The highest BCUT2D eigenvalue weighted by Gasteiger charge is 2.30. The molecule has 11 heteroatoms. The molecule has 4 rings (SSSR count). The zero-order chi connectivity index (χ0) is 24.2. The Morgan fingerprint density at radius 2 is 1.68 bits per heavy atom. The number of hydrogen-bond acceptors (Lipinski definition) is 8. The number of rotatable bonds is 8. The van der Waals surface area contributed by atoms with Crippen LogP contribution in [0.4, 0.5) is 10.6 Å². The Bertz CT molecular complexity index is 1180. The molecule has 0 fully saturated rings. The third-order valence-corrected chi connectivity index (χ3v) is 5.42. The quantitative estimate of drug-likeness (QED) is 0.455. The normalized spacial score (nSPS) is 13.1. The molecule has 1 aliphatic carbocycles. The van der Waals surface area contributed by atoms with Crippen molar-refractivity contribution in [3.05, 3.63) is 65.4 Å². The molecule has 1 heterocycles. The van der Waals surface area contributed by atoms with Crippen molar-refractivity contribution in [3.8, 4) is 11.1 Å². The summed E-state index contributed by atoms with van der Waals surface area (Å²) in [5.74, 6) is -2.49. The van der Waals surface area contributed by atoms with Crippen molar-refractivity contribution in [2.24, 2.45) is 0 Å². The van der Waals surface area contributed by atoms with E-state index in [1.807, 2.05) is 48.5 Å². The van der Waals surface area contributed by atoms with Gasteiger partial charge >= 0.3 is 12.1 Å². The summed E-state index contributed by atoms with van der Waals surface area (Å²) >= 11 is 0. The van der Waals surface area contributed by atoms with Gasteiger partial charge in [-0.1, -0.05) is 48.5 Å². The topological polar surface area (TPSA) is 147 Å². The molecule has 3 aromatic rings. The van der Waals surface area contributed by atoms with Crippen LogP contribution in [0.15, 0.2) is 53.2 Å². The monoisotopic (exact) mass is 465 g/mol. The van der Waals surface area contributed by atoms with Crippen molar-refractivity contribution >= 4 is 23.8 Å². The lowest BCUT2D eigenvalue weighted by molar-refractivity contribution is -0.139. The zero-order valence-electron chi connectivity index (χ0n) is 18.5. The van der Waals surface area contributed by atoms with Gasteiger partial charge in [-0.25, -0.2) is 14.2 Å². The van der Waals surface area contributed by atoms with E-state index in [1.165, 1.54) is 0 Å². The van der Waals surface area contributed by atoms with Crippen molar-refractivity contribution in [2.45, 2.75) is 12.0 Å². The third-order valence-electron chi connectivity index (χ3n) is 5.42. The first-order valence-electron chi connectivity index (χ1n) is 10.5. The average Bonchev–Trinajstić information content (AvgIpc) is 3.39. The Kier molecular flexibility index (Phi) is 6.55. The molecule has 0 radical (unpaired) electrons. The number of carbonyl (C=O) groups excluding carboxylic acids is 2. The van der Waals surface area contributed by atoms with E-state index >= 15 is 0 Å². The van der Waals surface area contributed by atoms with Crippen LogP contribution in [0.2, 0.25) is 0 Å². The maximum atomic E-state index is 12.5. The standard InChI is InChI=1S/C23H23N5O6/c1-28(2)11-18(22(30)31)24-21(29)19-20(27-34-26-19)25-23(32)33-12-17-15-9-5-3-7-13(15)14-8-4-6-10-16(14)17/h3-10,17-18H,11-12H2,1-2H3,(H,24,29)(H,30,31)(H,25,27,32)/t18-/m0/s1. The summed E-state index contributed by atoms with van der Waals surface area (Å²) in [5.41, 5.74) is 3.94. The molecule has 0 saturated carbocycles. The van der Waals surface area contributed by atoms with Crippen LogP contribution in [0.25, 0.3) is 11.1 Å². The number of carboxylic acid groups (broad SMARTS) is 1. The molecule has 1 aromatic heterocycles. The van der Waals surface area contributed by atoms with Crippen LogP contribution >= 0.6 is 0 Å². The minimum Gasteiger partial charge on any atom is -0.480 e. The van der Waals surface area contributed by atoms with Gasteiger partial charge in [0.15, 0.2) is 0 Å². The van der Waals surface area contributed by atoms with E-state index in [0.717, 1.165) is 22.3 Å². The molecule has 0 unspecified atom stereocenters. The number of likely N-dealkylation sites (N-methyl/N-ethyl adjacent to an activating group) is 1. The van der Waals surface area contributed by atoms with Gasteiger partial charge in [0.05, 0.1) is 0 Å². The number of nitrogens with one attached hydrogen (secondary N) is 2. The van der Waals surface area contributed by atoms with Gasteiger partial charge in [-0.05, 0) is 46.7 Å². The Balaban J connectivity index is 1.41. The largest absolute Gasteiger partial charge is 0.480 e. The summed E-state index contributed by atoms with van der Waals surface area (Å²) in [6, 6.07) is 14.7. The highest BCUT2D eigenvalue weighted by molar-refractivity contribution is 6.01. The highest BCUT2D eigenvalue weighted by atomic mass is 16.6. The fourth-order valence-electron chi connectivity index (χ4n) is 3.93. The number of benzene rings is 2. The molecule has 2 aromatic carbocycles. The van der Waals surface area contributed by atoms with Gasteiger partial charge < -0.3 is 20.1 Å². The molecule has 0 bridgehead atoms. The molecular weight excluding hydrogens is 442 g/mol. The smallest absolute Gasteiger partial charge is 0.412 e. The first-order chi connectivity index (χ1) is 16.3. The molecule has 3 N–H and O–H groups in total. The number of carbonyl (C=O) groups is 3. The predicted octanol–water partition coefficient (Wildman–Crippen LogP) is 2.18. The number of aliphatic carboxylic acids is 1. The number of amides is 2. The molecule has 2 amide bonds. The summed E-state index contributed by atoms with van der Waals surface area (Å²) in [7, 11) is 3.34. The van der Waals surface area contributed by atoms with Crippen molar-refractivity contribution < 1.29 is 28.9 Å². The Labute approximate surface area is 194 Å². The minimum atomic E-state index is -1.22. The molecule has 11 nitrogen and oxygen atoms in total. The summed E-state index contributed by atoms with van der Waals surface area (Å²) in [4.78, 5) is 38.0. The van der Waals surface area contributed by atoms with Crippen LogP contribution in [0, 0.1) is 0 Å². The van der Waals surface area contributed by atoms with Crippen LogP contribution < -0.4 is 10.6 Å². The second-order valence-corrected chi connectivity index (χ2v) is 8.04. The van der Waals surface area contributed by atoms with Crippen molar-refractivity contribution in [1.82, 2.24) is 20.5 Å². The fraction of sp³-hybridized carbons (Fsp3) is 0.261. The number of hydrogen-bond donors (Lipinski definition) is 3. The van der Waals surface area contributed by atoms with E-state index in [-0.39, 0.29) is 30.6 Å². The van der Waals surface area contributed by atoms with Crippen molar-refractivity contribution in [2.75, 3.05) is 32.6 Å². The lowest BCUT2D eigenvalue weighted by Crippen LogP contribution is -2.47. The third kappa shape index (κ3) is 4.74. The van der Waals surface area contributed by atoms with Crippen LogP contribution in [-0.4, -0.2) is 71.6 Å². The van der Waals surface area contributed by atoms with E-state index < -0.39 is 24.0 Å². The number of nitrogens with zero attached hydrogens (tertiary/aromatic N) is 3. The molecule has 0 saturated heterocycles.